The summed E-state index contributed by atoms with van der Waals surface area (Å²) < 4.78 is 50.6. The summed E-state index contributed by atoms with van der Waals surface area (Å²) in [6.07, 6.45) is 6.39. The summed E-state index contributed by atoms with van der Waals surface area (Å²) in [7, 11) is 0. The lowest BCUT2D eigenvalue weighted by molar-refractivity contribution is 0.332. The number of nitrogens with zero attached hydrogens (tertiary/aromatic N) is 3. The van der Waals surface area contributed by atoms with Gasteiger partial charge >= 0.3 is 0 Å². The van der Waals surface area contributed by atoms with Crippen molar-refractivity contribution in [2.24, 2.45) is 0 Å². The van der Waals surface area contributed by atoms with Crippen molar-refractivity contribution in [3.8, 4) is 11.1 Å². The first-order valence-electron chi connectivity index (χ1n) is 34.8. The van der Waals surface area contributed by atoms with Crippen LogP contribution in [0.3, 0.4) is 0 Å². The Hall–Kier alpha value is -6.82. The van der Waals surface area contributed by atoms with Gasteiger partial charge in [-0.1, -0.05) is 203 Å². The van der Waals surface area contributed by atoms with Crippen LogP contribution in [0.25, 0.3) is 21.2 Å². The van der Waals surface area contributed by atoms with Crippen LogP contribution in [0.5, 0.6) is 0 Å². The molecule has 3 heterocycles. The summed E-state index contributed by atoms with van der Waals surface area (Å²) >= 11 is 1.96. The predicted molar refractivity (Wildman–Crippen MR) is 379 cm³/mol. The Kier molecular flexibility index (Phi) is 11.6. The van der Waals surface area contributed by atoms with Gasteiger partial charge in [-0.15, -0.1) is 11.3 Å². The van der Waals surface area contributed by atoms with Crippen molar-refractivity contribution in [2.45, 2.75) is 206 Å². The third kappa shape index (κ3) is 9.22. The molecule has 9 aromatic rings. The average molecular weight is 1170 g/mol. The van der Waals surface area contributed by atoms with Gasteiger partial charge < -0.3 is 14.7 Å². The second kappa shape index (κ2) is 19.3. The molecule has 0 saturated heterocycles. The van der Waals surface area contributed by atoms with Gasteiger partial charge in [0.25, 0.3) is 6.71 Å². The van der Waals surface area contributed by atoms with E-state index in [9.17, 15) is 5.48 Å². The molecule has 5 heteroatoms. The van der Waals surface area contributed by atoms with E-state index in [0.717, 1.165) is 83.8 Å². The van der Waals surface area contributed by atoms with Gasteiger partial charge in [-0.2, -0.15) is 0 Å². The molecule has 8 aromatic carbocycles. The van der Waals surface area contributed by atoms with Gasteiger partial charge in [-0.05, 0) is 222 Å². The van der Waals surface area contributed by atoms with Crippen LogP contribution in [0.2, 0.25) is 0 Å². The molecule has 0 fully saturated rings. The smallest absolute Gasteiger partial charge is 0.264 e. The van der Waals surface area contributed by atoms with Crippen LogP contribution in [0.1, 0.15) is 215 Å². The molecule has 0 unspecified atom stereocenters. The molecular weight excluding hydrogens is 1070 g/mol. The van der Waals surface area contributed by atoms with E-state index in [1.54, 1.807) is 0 Å². The standard InChI is InChI=1S/C82H92BN3S/c1-75(2,3)52-29-35-67(58(43-52)51-25-21-19-22-26-51)86-68-36-30-53(76(4,5)6)44-66(68)83-72-69(47-57(48-70(72)86)84(54-27-23-20-24-28-54)55-31-33-60-62(45-55)79(11,12)39-37-77(60,7)8)85(56-32-34-61-63(46-56)80(13,14)40-38-78(61,9)10)73-59-49-64-65(50-71(59)87-74(73)83)82(17,18)42-41-81(64,15)16/h19-36,43-50H,37-42H2,1-18H3/i20D,23D,24D,27D,28D. The monoisotopic (exact) mass is 1170 g/mol. The minimum atomic E-state index is -0.416. The molecule has 14 rings (SSSR count). The summed E-state index contributed by atoms with van der Waals surface area (Å²) in [6.45, 7) is 42.4. The van der Waals surface area contributed by atoms with Gasteiger partial charge in [-0.3, -0.25) is 0 Å². The fraction of sp³-hybridized carbons (Fsp3) is 0.390. The van der Waals surface area contributed by atoms with Crippen LogP contribution in [0, 0.1) is 0 Å². The summed E-state index contributed by atoms with van der Waals surface area (Å²) in [6, 6.07) is 47.4. The molecule has 0 atom stereocenters. The molecular formula is C82H92BN3S. The Morgan fingerprint density at radius 1 is 0.448 bits per heavy atom. The minimum Gasteiger partial charge on any atom is -0.311 e. The number of benzene rings is 8. The predicted octanol–water partition coefficient (Wildman–Crippen LogP) is 21.8. The first-order valence-corrected chi connectivity index (χ1v) is 33.1. The quantitative estimate of drug-likeness (QED) is 0.154. The molecule has 5 aliphatic rings. The van der Waals surface area contributed by atoms with Gasteiger partial charge in [0.1, 0.15) is 0 Å². The van der Waals surface area contributed by atoms with Gasteiger partial charge in [-0.25, -0.2) is 0 Å². The van der Waals surface area contributed by atoms with Crippen molar-refractivity contribution >= 4 is 95.0 Å². The van der Waals surface area contributed by atoms with Crippen molar-refractivity contribution in [1.29, 1.82) is 0 Å². The number of anilines is 9. The minimum absolute atomic E-state index is 0.0157. The molecule has 0 N–H and O–H groups in total. The maximum Gasteiger partial charge on any atom is 0.264 e. The first-order chi connectivity index (χ1) is 42.9. The number of hydrogen-bond donors (Lipinski definition) is 0. The van der Waals surface area contributed by atoms with Crippen molar-refractivity contribution in [3.63, 3.8) is 0 Å². The van der Waals surface area contributed by atoms with E-state index >= 15 is 0 Å². The maximum absolute atomic E-state index is 10.1. The zero-order chi connectivity index (χ0) is 65.9. The van der Waals surface area contributed by atoms with Crippen LogP contribution >= 0.6 is 11.3 Å². The number of thiophene rings is 1. The highest BCUT2D eigenvalue weighted by Crippen LogP contribution is 2.57. The van der Waals surface area contributed by atoms with Gasteiger partial charge in [0, 0.05) is 54.6 Å². The van der Waals surface area contributed by atoms with E-state index in [1.807, 2.05) is 16.2 Å². The third-order valence-electron chi connectivity index (χ3n) is 21.8. The summed E-state index contributed by atoms with van der Waals surface area (Å²) in [4.78, 5) is 7.18. The fourth-order valence-electron chi connectivity index (χ4n) is 15.9. The Morgan fingerprint density at radius 2 is 0.954 bits per heavy atom. The molecule has 0 amide bonds. The fourth-order valence-corrected chi connectivity index (χ4v) is 17.2. The van der Waals surface area contributed by atoms with Crippen LogP contribution in [-0.4, -0.2) is 6.71 Å². The molecule has 87 heavy (non-hydrogen) atoms. The Labute approximate surface area is 533 Å². The lowest BCUT2D eigenvalue weighted by Gasteiger charge is -2.46. The van der Waals surface area contributed by atoms with E-state index in [-0.39, 0.29) is 79.9 Å². The Balaban J connectivity index is 1.20. The number of fused-ring (bicyclic) bond motifs is 9. The number of hydrogen-bond acceptors (Lipinski definition) is 4. The Bertz CT molecular complexity index is 4560. The van der Waals surface area contributed by atoms with E-state index in [4.69, 9.17) is 1.37 Å². The van der Waals surface area contributed by atoms with Crippen LogP contribution in [-0.2, 0) is 43.3 Å². The van der Waals surface area contributed by atoms with E-state index < -0.39 is 6.04 Å². The third-order valence-corrected chi connectivity index (χ3v) is 23.0. The number of para-hydroxylation sites is 1. The molecule has 1 aromatic heterocycles. The average Bonchev–Trinajstić information content (AvgIpc) is 1.28. The van der Waals surface area contributed by atoms with Gasteiger partial charge in [0.15, 0.2) is 0 Å². The number of rotatable bonds is 6. The van der Waals surface area contributed by atoms with Crippen LogP contribution in [0.4, 0.5) is 51.2 Å². The molecule has 0 radical (unpaired) electrons. The molecule has 0 bridgehead atoms. The van der Waals surface area contributed by atoms with Gasteiger partial charge in [0.2, 0.25) is 0 Å². The van der Waals surface area contributed by atoms with E-state index in [2.05, 4.69) is 262 Å². The molecule has 0 saturated carbocycles. The largest absolute Gasteiger partial charge is 0.311 e. The molecule has 0 spiro atoms. The highest BCUT2D eigenvalue weighted by Gasteiger charge is 2.49. The maximum atomic E-state index is 10.1. The molecule has 3 nitrogen and oxygen atoms in total. The zero-order valence-electron chi connectivity index (χ0n) is 60.2. The molecule has 3 aliphatic carbocycles. The summed E-state index contributed by atoms with van der Waals surface area (Å²) in [5.41, 5.74) is 22.3. The lowest BCUT2D eigenvalue weighted by Crippen LogP contribution is -2.60. The van der Waals surface area contributed by atoms with Crippen molar-refractivity contribution in [3.05, 3.63) is 202 Å². The molecule has 444 valence electrons. The topological polar surface area (TPSA) is 9.72 Å². The van der Waals surface area contributed by atoms with Gasteiger partial charge in [0.05, 0.1) is 23.9 Å². The SMILES string of the molecule is [2H]c1c([2H])c([2H])c(N(c2cc3c4c(c2)N(c2ccc5c(c2)C(C)(C)CCC5(C)C)c2c(sc5cc6c(cc25)C(C)(C)CCC6(C)C)B4c2cc(C(C)(C)C)ccc2N3c2ccc(C(C)(C)C)cc2-c2ccccc2)c2ccc3c(c2)C(C)(C)CCC3(C)C)c([2H])c1[2H]. The summed E-state index contributed by atoms with van der Waals surface area (Å²) in [5, 5.41) is 1.24. The van der Waals surface area contributed by atoms with E-state index in [0.29, 0.717) is 5.69 Å². The van der Waals surface area contributed by atoms with Crippen molar-refractivity contribution in [1.82, 2.24) is 0 Å². The highest BCUT2D eigenvalue weighted by molar-refractivity contribution is 7.33. The second-order valence-corrected chi connectivity index (χ2v) is 33.7. The lowest BCUT2D eigenvalue weighted by atomic mass is 9.36. The normalized spacial score (nSPS) is 19.7. The summed E-state index contributed by atoms with van der Waals surface area (Å²) in [5.74, 6) is 0. The second-order valence-electron chi connectivity index (χ2n) is 32.7. The molecule has 2 aliphatic heterocycles. The first kappa shape index (κ1) is 52.2. The van der Waals surface area contributed by atoms with Crippen molar-refractivity contribution < 1.29 is 6.85 Å². The highest BCUT2D eigenvalue weighted by atomic mass is 32.1. The van der Waals surface area contributed by atoms with Crippen molar-refractivity contribution in [2.75, 3.05) is 14.7 Å². The van der Waals surface area contributed by atoms with E-state index in [1.165, 1.54) is 76.0 Å². The van der Waals surface area contributed by atoms with Crippen LogP contribution < -0.4 is 30.4 Å². The van der Waals surface area contributed by atoms with Crippen LogP contribution in [0.15, 0.2) is 158 Å². The Morgan fingerprint density at radius 3 is 1.54 bits per heavy atom. The zero-order valence-corrected chi connectivity index (χ0v) is 56.0.